The Morgan fingerprint density at radius 2 is 0.400 bits per heavy atom. The van der Waals surface area contributed by atoms with Gasteiger partial charge in [-0.25, -0.2) is 0 Å². The van der Waals surface area contributed by atoms with E-state index in [0.717, 1.165) is 0 Å². The van der Waals surface area contributed by atoms with E-state index in [1.807, 2.05) is 0 Å². The van der Waals surface area contributed by atoms with Crippen LogP contribution in [0.1, 0.15) is 0 Å². The summed E-state index contributed by atoms with van der Waals surface area (Å²) in [6.07, 6.45) is 0. The van der Waals surface area contributed by atoms with Gasteiger partial charge in [0, 0.05) is 33.6 Å². The van der Waals surface area contributed by atoms with Crippen molar-refractivity contribution >= 4 is 0 Å². The van der Waals surface area contributed by atoms with Gasteiger partial charge in [0.2, 0.25) is 0 Å². The second-order valence-electron chi connectivity index (χ2n) is 0. The Bertz CT molecular complexity index is 4.85. The fourth-order valence-corrected chi connectivity index (χ4v) is 0. The Balaban J connectivity index is 0. The van der Waals surface area contributed by atoms with E-state index >= 15 is 0 Å². The molecule has 0 spiro atoms. The van der Waals surface area contributed by atoms with Crippen molar-refractivity contribution < 1.29 is 50.0 Å². The molecule has 6 N–H and O–H groups in total. The fraction of sp³-hybridized carbons (Fsp3) is 0. The van der Waals surface area contributed by atoms with E-state index in [1.165, 1.54) is 0 Å². The minimum absolute atomic E-state index is 0. The monoisotopic (exact) mass is 172 g/mol. The topological polar surface area (TPSA) is 94.5 Å². The first-order valence-corrected chi connectivity index (χ1v) is 0. The molecule has 42 valence electrons. The van der Waals surface area contributed by atoms with Crippen LogP contribution in [0.4, 0.5) is 0 Å². The Labute approximate surface area is 50.5 Å². The van der Waals surface area contributed by atoms with Gasteiger partial charge in [0.15, 0.2) is 0 Å². The summed E-state index contributed by atoms with van der Waals surface area (Å²) in [5.74, 6) is 0. The molecule has 0 saturated heterocycles. The minimum Gasteiger partial charge on any atom is -0.412 e. The molecular weight excluding hydrogens is 166 g/mol. The fourth-order valence-electron chi connectivity index (χ4n) is 0. The molecule has 0 aliphatic rings. The average molecular weight is 172 g/mol. The molecule has 0 amide bonds. The minimum atomic E-state index is 0. The first kappa shape index (κ1) is 177. The summed E-state index contributed by atoms with van der Waals surface area (Å²) >= 11 is 0. The zero-order valence-corrected chi connectivity index (χ0v) is 4.25. The predicted molar refractivity (Wildman–Crippen MR) is 10.8 cm³/mol. The van der Waals surface area contributed by atoms with E-state index in [9.17, 15) is 0 Å². The van der Waals surface area contributed by atoms with Crippen LogP contribution in [0.3, 0.4) is 0 Å². The molecule has 0 aliphatic carbocycles. The maximum Gasteiger partial charge on any atom is 0 e. The van der Waals surface area contributed by atoms with E-state index in [0.29, 0.717) is 0 Å². The molecule has 0 aliphatic heterocycles. The van der Waals surface area contributed by atoms with Gasteiger partial charge in [-0.15, -0.1) is 0 Å². The van der Waals surface area contributed by atoms with Gasteiger partial charge < -0.3 is 16.4 Å². The van der Waals surface area contributed by atoms with Gasteiger partial charge >= 0.3 is 0 Å². The predicted octanol–water partition coefficient (Wildman–Crippen LogP) is -2.48. The van der Waals surface area contributed by atoms with Crippen molar-refractivity contribution in [2.45, 2.75) is 0 Å². The van der Waals surface area contributed by atoms with Crippen LogP contribution in [-0.2, 0) is 33.6 Å². The number of hydrogen-bond donors (Lipinski definition) is 0. The normalized spacial score (nSPS) is 0. The number of hydrogen-bond acceptors (Lipinski definition) is 0. The van der Waals surface area contributed by atoms with Crippen LogP contribution < -0.4 is 0 Å². The van der Waals surface area contributed by atoms with Crippen LogP contribution >= 0.6 is 0 Å². The smallest absolute Gasteiger partial charge is 0 e. The molecule has 3 nitrogen and oxygen atoms in total. The summed E-state index contributed by atoms with van der Waals surface area (Å²) in [7, 11) is 0. The maximum absolute atomic E-state index is 0. The van der Waals surface area contributed by atoms with Crippen LogP contribution in [0, 0.1) is 0 Å². The maximum atomic E-state index is 0. The van der Waals surface area contributed by atoms with E-state index in [1.54, 1.807) is 0 Å². The van der Waals surface area contributed by atoms with Gasteiger partial charge in [-0.3, -0.25) is 0 Å². The quantitative estimate of drug-likeness (QED) is 0.386. The van der Waals surface area contributed by atoms with Crippen LogP contribution in [0.15, 0.2) is 0 Å². The molecule has 0 fully saturated rings. The van der Waals surface area contributed by atoms with Crippen molar-refractivity contribution in [1.29, 1.82) is 0 Å². The van der Waals surface area contributed by atoms with Gasteiger partial charge in [-0.2, -0.15) is 0 Å². The third kappa shape index (κ3) is 51.4. The van der Waals surface area contributed by atoms with Crippen LogP contribution in [0.5, 0.6) is 0 Å². The summed E-state index contributed by atoms with van der Waals surface area (Å²) < 4.78 is 0. The van der Waals surface area contributed by atoms with Crippen LogP contribution in [0.2, 0.25) is 0 Å². The molecule has 5 heteroatoms. The summed E-state index contributed by atoms with van der Waals surface area (Å²) in [5.41, 5.74) is 0. The number of rotatable bonds is 0. The first-order valence-electron chi connectivity index (χ1n) is 0. The van der Waals surface area contributed by atoms with Crippen LogP contribution in [-0.4, -0.2) is 16.4 Å². The molecular formula is H6Co2O3. The third-order valence-electron chi connectivity index (χ3n) is 0. The third-order valence-corrected chi connectivity index (χ3v) is 0. The molecule has 0 bridgehead atoms. The van der Waals surface area contributed by atoms with Gasteiger partial charge in [-0.05, 0) is 0 Å². The molecule has 0 unspecified atom stereocenters. The van der Waals surface area contributed by atoms with E-state index < -0.39 is 0 Å². The van der Waals surface area contributed by atoms with E-state index in [-0.39, 0.29) is 50.0 Å². The molecule has 0 aromatic heterocycles. The van der Waals surface area contributed by atoms with Crippen molar-refractivity contribution in [2.24, 2.45) is 0 Å². The standard InChI is InChI=1S/2Co.3H2O/h;;3*1H2. The summed E-state index contributed by atoms with van der Waals surface area (Å²) in [5, 5.41) is 0. The first-order chi connectivity index (χ1) is 0. The van der Waals surface area contributed by atoms with E-state index in [4.69, 9.17) is 0 Å². The van der Waals surface area contributed by atoms with Crippen molar-refractivity contribution in [3.05, 3.63) is 0 Å². The van der Waals surface area contributed by atoms with Crippen molar-refractivity contribution in [3.63, 3.8) is 0 Å². The average Bonchev–Trinajstić information content (AvgIpc) is 0. The van der Waals surface area contributed by atoms with Crippen molar-refractivity contribution in [3.8, 4) is 0 Å². The Morgan fingerprint density at radius 1 is 0.400 bits per heavy atom. The Morgan fingerprint density at radius 3 is 0.400 bits per heavy atom. The summed E-state index contributed by atoms with van der Waals surface area (Å²) in [6, 6.07) is 0. The molecule has 0 aromatic rings. The zero-order chi connectivity index (χ0) is 0. The van der Waals surface area contributed by atoms with Crippen molar-refractivity contribution in [2.75, 3.05) is 0 Å². The zero-order valence-electron chi connectivity index (χ0n) is 2.17. The van der Waals surface area contributed by atoms with Gasteiger partial charge in [0.25, 0.3) is 0 Å². The molecule has 5 heavy (non-hydrogen) atoms. The Kier molecular flexibility index (Phi) is 3290. The van der Waals surface area contributed by atoms with E-state index in [2.05, 4.69) is 0 Å². The molecule has 0 atom stereocenters. The largest absolute Gasteiger partial charge is 0.412 e. The SMILES string of the molecule is O.O.O.[Co].[Co]. The molecule has 0 rings (SSSR count). The van der Waals surface area contributed by atoms with Gasteiger partial charge in [-0.1, -0.05) is 0 Å². The second kappa shape index (κ2) is 93.0. The van der Waals surface area contributed by atoms with Gasteiger partial charge in [0.05, 0.1) is 0 Å². The molecule has 0 saturated carbocycles. The summed E-state index contributed by atoms with van der Waals surface area (Å²) in [4.78, 5) is 0. The van der Waals surface area contributed by atoms with Crippen molar-refractivity contribution in [1.82, 2.24) is 0 Å². The molecule has 0 aromatic carbocycles. The molecule has 0 heterocycles. The van der Waals surface area contributed by atoms with Crippen LogP contribution in [0.25, 0.3) is 0 Å². The van der Waals surface area contributed by atoms with Gasteiger partial charge in [0.1, 0.15) is 0 Å². The summed E-state index contributed by atoms with van der Waals surface area (Å²) in [6.45, 7) is 0. The Hall–Kier alpha value is 0.893. The second-order valence-corrected chi connectivity index (χ2v) is 0. The molecule has 2 radical (unpaired) electrons.